The van der Waals surface area contributed by atoms with Crippen LogP contribution in [0.3, 0.4) is 0 Å². The van der Waals surface area contributed by atoms with Crippen LogP contribution < -0.4 is 0 Å². The number of hydrogen-bond donors (Lipinski definition) is 1. The maximum atomic E-state index is 11.8. The molecule has 0 radical (unpaired) electrons. The normalized spacial score (nSPS) is 35.0. The number of fused-ring (bicyclic) bond motifs is 2. The molecule has 0 amide bonds. The highest BCUT2D eigenvalue weighted by molar-refractivity contribution is 5.67. The van der Waals surface area contributed by atoms with Gasteiger partial charge in [-0.15, -0.1) is 6.58 Å². The minimum atomic E-state index is -1.17. The third kappa shape index (κ3) is 6.44. The fraction of sp³-hybridized carbons (Fsp3) is 0.643. The Balaban J connectivity index is 1.58. The van der Waals surface area contributed by atoms with Crippen molar-refractivity contribution in [2.75, 3.05) is 13.7 Å². The molecule has 0 bridgehead atoms. The number of carbonyl (C=O) groups excluding carboxylic acids is 2. The summed E-state index contributed by atoms with van der Waals surface area (Å²) in [5.41, 5.74) is 0.954. The predicted molar refractivity (Wildman–Crippen MR) is 134 cm³/mol. The maximum absolute atomic E-state index is 11.8. The van der Waals surface area contributed by atoms with E-state index >= 15 is 0 Å². The lowest BCUT2D eigenvalue weighted by Crippen LogP contribution is -2.68. The fourth-order valence-electron chi connectivity index (χ4n) is 5.56. The average molecular weight is 535 g/mol. The first kappa shape index (κ1) is 28.7. The number of ether oxygens (including phenoxy) is 7. The molecule has 3 aliphatic heterocycles. The number of carbonyl (C=O) groups is 2. The van der Waals surface area contributed by atoms with Gasteiger partial charge in [-0.25, -0.2) is 0 Å². The lowest BCUT2D eigenvalue weighted by atomic mass is 9.85. The summed E-state index contributed by atoms with van der Waals surface area (Å²) in [6, 6.07) is 9.66. The topological polar surface area (TPSA) is 119 Å². The summed E-state index contributed by atoms with van der Waals surface area (Å²) in [6.07, 6.45) is -1.65. The number of aliphatic hydroxyl groups is 1. The molecule has 10 heteroatoms. The van der Waals surface area contributed by atoms with E-state index in [1.165, 1.54) is 13.8 Å². The average Bonchev–Trinajstić information content (AvgIpc) is 3.23. The third-order valence-electron chi connectivity index (χ3n) is 7.28. The molecule has 210 valence electrons. The van der Waals surface area contributed by atoms with Crippen LogP contribution in [0.2, 0.25) is 0 Å². The van der Waals surface area contributed by atoms with E-state index in [1.54, 1.807) is 13.2 Å². The van der Waals surface area contributed by atoms with Gasteiger partial charge in [-0.2, -0.15) is 0 Å². The van der Waals surface area contributed by atoms with Crippen LogP contribution in [0.15, 0.2) is 43.0 Å². The summed E-state index contributed by atoms with van der Waals surface area (Å²) < 4.78 is 41.9. The lowest BCUT2D eigenvalue weighted by molar-refractivity contribution is -0.382. The molecule has 3 fully saturated rings. The van der Waals surface area contributed by atoms with Gasteiger partial charge in [-0.05, 0) is 18.4 Å². The highest BCUT2D eigenvalue weighted by atomic mass is 16.7. The monoisotopic (exact) mass is 534 g/mol. The van der Waals surface area contributed by atoms with Gasteiger partial charge >= 0.3 is 11.9 Å². The quantitative estimate of drug-likeness (QED) is 0.335. The molecule has 3 saturated heterocycles. The molecule has 10 nitrogen and oxygen atoms in total. The molecular weight excluding hydrogens is 496 g/mol. The van der Waals surface area contributed by atoms with Crippen molar-refractivity contribution in [3.63, 3.8) is 0 Å². The van der Waals surface area contributed by atoms with Gasteiger partial charge in [0.05, 0.1) is 18.8 Å². The molecule has 1 aromatic carbocycles. The van der Waals surface area contributed by atoms with E-state index in [9.17, 15) is 14.7 Å². The largest absolute Gasteiger partial charge is 0.462 e. The van der Waals surface area contributed by atoms with E-state index in [2.05, 4.69) is 6.58 Å². The fourth-order valence-corrected chi connectivity index (χ4v) is 5.56. The summed E-state index contributed by atoms with van der Waals surface area (Å²) in [6.45, 7) is 6.51. The second kappa shape index (κ2) is 12.7. The highest BCUT2D eigenvalue weighted by Crippen LogP contribution is 2.47. The molecule has 0 aromatic heterocycles. The molecular formula is C28H38O10. The Morgan fingerprint density at radius 3 is 2.61 bits per heavy atom. The number of benzene rings is 1. The van der Waals surface area contributed by atoms with Crippen LogP contribution in [0.1, 0.15) is 45.1 Å². The van der Waals surface area contributed by atoms with Gasteiger partial charge < -0.3 is 38.3 Å². The Morgan fingerprint density at radius 2 is 1.95 bits per heavy atom. The first-order chi connectivity index (χ1) is 18.3. The summed E-state index contributed by atoms with van der Waals surface area (Å²) in [4.78, 5) is 23.2. The Bertz CT molecular complexity index is 954. The third-order valence-corrected chi connectivity index (χ3v) is 7.28. The zero-order valence-corrected chi connectivity index (χ0v) is 22.2. The zero-order valence-electron chi connectivity index (χ0n) is 22.2. The Labute approximate surface area is 223 Å². The standard InChI is InChI=1S/C28H38O10/c1-5-9-20-12-13-28(32-4)27(36-20)23(31)25-26(38-28)24(34-15-19-10-7-6-8-11-19)22(37-25)14-21(35-18(3)30)16-33-17(2)29/h5-8,10-11,20-27,31H,1,9,12-16H2,2-4H3/t20-,21?,22?,23+,24+,25+,26+,27-,28?/m1/s1. The van der Waals surface area contributed by atoms with Gasteiger partial charge in [0.2, 0.25) is 0 Å². The van der Waals surface area contributed by atoms with Crippen LogP contribution in [0, 0.1) is 0 Å². The minimum absolute atomic E-state index is 0.116. The van der Waals surface area contributed by atoms with E-state index < -0.39 is 60.5 Å². The van der Waals surface area contributed by atoms with Crippen LogP contribution >= 0.6 is 0 Å². The van der Waals surface area contributed by atoms with Crippen LogP contribution in [0.4, 0.5) is 0 Å². The number of aliphatic hydroxyl groups excluding tert-OH is 1. The predicted octanol–water partition coefficient (Wildman–Crippen LogP) is 2.45. The van der Waals surface area contributed by atoms with Crippen molar-refractivity contribution in [2.24, 2.45) is 0 Å². The summed E-state index contributed by atoms with van der Waals surface area (Å²) >= 11 is 0. The molecule has 0 spiro atoms. The maximum Gasteiger partial charge on any atom is 0.303 e. The Kier molecular flexibility index (Phi) is 9.56. The number of methoxy groups -OCH3 is 1. The van der Waals surface area contributed by atoms with E-state index in [0.29, 0.717) is 19.3 Å². The van der Waals surface area contributed by atoms with Gasteiger partial charge in [0.15, 0.2) is 5.79 Å². The summed E-state index contributed by atoms with van der Waals surface area (Å²) in [7, 11) is 1.54. The van der Waals surface area contributed by atoms with Crippen molar-refractivity contribution in [3.8, 4) is 0 Å². The van der Waals surface area contributed by atoms with Crippen molar-refractivity contribution in [1.29, 1.82) is 0 Å². The molecule has 1 N–H and O–H groups in total. The van der Waals surface area contributed by atoms with Gasteiger partial charge in [0.25, 0.3) is 0 Å². The smallest absolute Gasteiger partial charge is 0.303 e. The second-order valence-electron chi connectivity index (χ2n) is 10.0. The molecule has 1 aromatic rings. The minimum Gasteiger partial charge on any atom is -0.462 e. The van der Waals surface area contributed by atoms with Crippen LogP contribution in [-0.4, -0.2) is 85.4 Å². The van der Waals surface area contributed by atoms with Crippen molar-refractivity contribution >= 4 is 11.9 Å². The molecule has 0 saturated carbocycles. The molecule has 4 rings (SSSR count). The van der Waals surface area contributed by atoms with Gasteiger partial charge in [-0.3, -0.25) is 9.59 Å². The second-order valence-corrected chi connectivity index (χ2v) is 10.0. The Hall–Kier alpha value is -2.34. The van der Waals surface area contributed by atoms with Crippen molar-refractivity contribution in [2.45, 2.75) is 101 Å². The van der Waals surface area contributed by atoms with Crippen molar-refractivity contribution in [3.05, 3.63) is 48.6 Å². The van der Waals surface area contributed by atoms with Gasteiger partial charge in [-0.1, -0.05) is 36.4 Å². The number of rotatable bonds is 11. The van der Waals surface area contributed by atoms with E-state index in [0.717, 1.165) is 5.56 Å². The summed E-state index contributed by atoms with van der Waals surface area (Å²) in [5, 5.41) is 11.5. The zero-order chi connectivity index (χ0) is 27.3. The van der Waals surface area contributed by atoms with Crippen LogP contribution in [-0.2, 0) is 49.4 Å². The highest BCUT2D eigenvalue weighted by Gasteiger charge is 2.64. The van der Waals surface area contributed by atoms with Gasteiger partial charge in [0.1, 0.15) is 43.2 Å². The lowest BCUT2D eigenvalue weighted by Gasteiger charge is -2.52. The van der Waals surface area contributed by atoms with Crippen LogP contribution in [0.25, 0.3) is 0 Å². The van der Waals surface area contributed by atoms with Crippen molar-refractivity contribution < 1.29 is 47.9 Å². The van der Waals surface area contributed by atoms with Crippen LogP contribution in [0.5, 0.6) is 0 Å². The van der Waals surface area contributed by atoms with E-state index in [1.807, 2.05) is 30.3 Å². The molecule has 9 atom stereocenters. The van der Waals surface area contributed by atoms with Crippen molar-refractivity contribution in [1.82, 2.24) is 0 Å². The molecule has 0 aliphatic carbocycles. The molecule has 38 heavy (non-hydrogen) atoms. The molecule has 3 unspecified atom stereocenters. The summed E-state index contributed by atoms with van der Waals surface area (Å²) in [5.74, 6) is -2.17. The molecule has 3 aliphatic rings. The first-order valence-electron chi connectivity index (χ1n) is 13.0. The van der Waals surface area contributed by atoms with Gasteiger partial charge in [0, 0.05) is 33.8 Å². The van der Waals surface area contributed by atoms with E-state index in [-0.39, 0.29) is 25.7 Å². The first-order valence-corrected chi connectivity index (χ1v) is 13.0. The Morgan fingerprint density at radius 1 is 1.18 bits per heavy atom. The van der Waals surface area contributed by atoms with E-state index in [4.69, 9.17) is 33.2 Å². The number of hydrogen-bond acceptors (Lipinski definition) is 10. The number of esters is 2. The SMILES string of the molecule is C=CC[C@@H]1CCC2(OC)O[C@@H]3[C@@H](OC(CC(COC(C)=O)OC(C)=O)[C@@H]3OCc3ccccc3)[C@H](O)[C@H]2O1. The molecule has 3 heterocycles.